The first-order valence-electron chi connectivity index (χ1n) is 7.26. The van der Waals surface area contributed by atoms with E-state index < -0.39 is 0 Å². The predicted octanol–water partition coefficient (Wildman–Crippen LogP) is 4.96. The van der Waals surface area contributed by atoms with E-state index in [-0.39, 0.29) is 16.9 Å². The van der Waals surface area contributed by atoms with Crippen LogP contribution in [0.1, 0.15) is 51.1 Å². The van der Waals surface area contributed by atoms with Crippen LogP contribution >= 0.6 is 11.6 Å². The predicted molar refractivity (Wildman–Crippen MR) is 78.9 cm³/mol. The van der Waals surface area contributed by atoms with Crippen LogP contribution in [0.4, 0.5) is 4.39 Å². The second-order valence-corrected chi connectivity index (χ2v) is 6.23. The summed E-state index contributed by atoms with van der Waals surface area (Å²) in [6, 6.07) is 5.19. The highest BCUT2D eigenvalue weighted by Gasteiger charge is 2.21. The van der Waals surface area contributed by atoms with E-state index in [1.165, 1.54) is 31.7 Å². The molecule has 0 spiro atoms. The number of hydrogen-bond acceptors (Lipinski definition) is 1. The monoisotopic (exact) mass is 283 g/mol. The molecular formula is C16H23ClFN. The van der Waals surface area contributed by atoms with Crippen molar-refractivity contribution in [2.45, 2.75) is 45.6 Å². The van der Waals surface area contributed by atoms with Crippen LogP contribution in [-0.4, -0.2) is 6.54 Å². The molecule has 0 amide bonds. The molecule has 3 atom stereocenters. The third-order valence-electron chi connectivity index (χ3n) is 4.42. The van der Waals surface area contributed by atoms with Crippen molar-refractivity contribution in [1.82, 2.24) is 5.32 Å². The van der Waals surface area contributed by atoms with E-state index >= 15 is 0 Å². The second kappa shape index (κ2) is 6.71. The Morgan fingerprint density at radius 2 is 2.11 bits per heavy atom. The largest absolute Gasteiger partial charge is 0.310 e. The van der Waals surface area contributed by atoms with Crippen molar-refractivity contribution in [3.63, 3.8) is 0 Å². The minimum Gasteiger partial charge on any atom is -0.310 e. The third kappa shape index (κ3) is 3.93. The quantitative estimate of drug-likeness (QED) is 0.824. The Morgan fingerprint density at radius 1 is 1.37 bits per heavy atom. The summed E-state index contributed by atoms with van der Waals surface area (Å²) in [5.41, 5.74) is 1.05. The summed E-state index contributed by atoms with van der Waals surface area (Å²) in [7, 11) is 0. The third-order valence-corrected chi connectivity index (χ3v) is 4.71. The highest BCUT2D eigenvalue weighted by molar-refractivity contribution is 6.30. The molecule has 1 aliphatic carbocycles. The average Bonchev–Trinajstić information content (AvgIpc) is 2.40. The molecule has 1 nitrogen and oxygen atoms in total. The fraction of sp³-hybridized carbons (Fsp3) is 0.625. The van der Waals surface area contributed by atoms with Gasteiger partial charge in [0.25, 0.3) is 0 Å². The maximum atomic E-state index is 13.1. The van der Waals surface area contributed by atoms with Crippen LogP contribution in [0.5, 0.6) is 0 Å². The fourth-order valence-corrected chi connectivity index (χ4v) is 3.11. The van der Waals surface area contributed by atoms with E-state index in [0.29, 0.717) is 0 Å². The van der Waals surface area contributed by atoms with Gasteiger partial charge in [-0.05, 0) is 49.4 Å². The van der Waals surface area contributed by atoms with Crippen LogP contribution in [0.25, 0.3) is 0 Å². The molecule has 3 heteroatoms. The van der Waals surface area contributed by atoms with Gasteiger partial charge in [0, 0.05) is 6.04 Å². The average molecular weight is 284 g/mol. The van der Waals surface area contributed by atoms with Crippen molar-refractivity contribution in [2.75, 3.05) is 6.54 Å². The summed E-state index contributed by atoms with van der Waals surface area (Å²) in [4.78, 5) is 0. The number of nitrogens with one attached hydrogen (secondary N) is 1. The highest BCUT2D eigenvalue weighted by Crippen LogP contribution is 2.29. The molecule has 0 aromatic heterocycles. The number of halogens is 2. The molecule has 0 aliphatic heterocycles. The lowest BCUT2D eigenvalue weighted by Crippen LogP contribution is -2.31. The smallest absolute Gasteiger partial charge is 0.141 e. The molecule has 0 saturated heterocycles. The zero-order chi connectivity index (χ0) is 13.8. The van der Waals surface area contributed by atoms with Gasteiger partial charge in [0.15, 0.2) is 0 Å². The van der Waals surface area contributed by atoms with Gasteiger partial charge in [-0.1, -0.05) is 43.9 Å². The maximum Gasteiger partial charge on any atom is 0.141 e. The Balaban J connectivity index is 1.89. The Labute approximate surface area is 120 Å². The zero-order valence-electron chi connectivity index (χ0n) is 11.8. The topological polar surface area (TPSA) is 12.0 Å². The highest BCUT2D eigenvalue weighted by atomic mass is 35.5. The molecule has 1 aliphatic rings. The standard InChI is InChI=1S/C16H23ClFN/c1-11-5-3-4-6-14(11)10-19-12(2)13-7-8-16(18)15(17)9-13/h7-9,11-12,14,19H,3-6,10H2,1-2H3. The van der Waals surface area contributed by atoms with Gasteiger partial charge in [0.1, 0.15) is 5.82 Å². The SMILES string of the molecule is CC(NCC1CCCCC1C)c1ccc(F)c(Cl)c1. The molecule has 0 radical (unpaired) electrons. The Hall–Kier alpha value is -0.600. The Bertz CT molecular complexity index is 421. The minimum absolute atomic E-state index is 0.206. The van der Waals surface area contributed by atoms with Gasteiger partial charge in [-0.15, -0.1) is 0 Å². The number of hydrogen-bond donors (Lipinski definition) is 1. The van der Waals surface area contributed by atoms with E-state index in [0.717, 1.165) is 23.9 Å². The van der Waals surface area contributed by atoms with Gasteiger partial charge in [-0.3, -0.25) is 0 Å². The van der Waals surface area contributed by atoms with Gasteiger partial charge in [0.2, 0.25) is 0 Å². The summed E-state index contributed by atoms with van der Waals surface area (Å²) in [5, 5.41) is 3.77. The molecule has 19 heavy (non-hydrogen) atoms. The first-order valence-corrected chi connectivity index (χ1v) is 7.64. The maximum absolute atomic E-state index is 13.1. The Kier molecular flexibility index (Phi) is 5.23. The van der Waals surface area contributed by atoms with E-state index in [4.69, 9.17) is 11.6 Å². The van der Waals surface area contributed by atoms with Crippen molar-refractivity contribution in [2.24, 2.45) is 11.8 Å². The van der Waals surface area contributed by atoms with Gasteiger partial charge < -0.3 is 5.32 Å². The van der Waals surface area contributed by atoms with Gasteiger partial charge >= 0.3 is 0 Å². The van der Waals surface area contributed by atoms with Gasteiger partial charge in [-0.25, -0.2) is 4.39 Å². The molecule has 1 fully saturated rings. The molecule has 2 rings (SSSR count). The van der Waals surface area contributed by atoms with E-state index in [9.17, 15) is 4.39 Å². The molecule has 106 valence electrons. The molecular weight excluding hydrogens is 261 g/mol. The zero-order valence-corrected chi connectivity index (χ0v) is 12.5. The summed E-state index contributed by atoms with van der Waals surface area (Å²) < 4.78 is 13.1. The van der Waals surface area contributed by atoms with Crippen LogP contribution in [0.2, 0.25) is 5.02 Å². The van der Waals surface area contributed by atoms with Crippen molar-refractivity contribution in [3.05, 3.63) is 34.6 Å². The first-order chi connectivity index (χ1) is 9.08. The lowest BCUT2D eigenvalue weighted by molar-refractivity contribution is 0.242. The van der Waals surface area contributed by atoms with Crippen molar-refractivity contribution < 1.29 is 4.39 Å². The molecule has 1 N–H and O–H groups in total. The van der Waals surface area contributed by atoms with E-state index in [2.05, 4.69) is 19.2 Å². The van der Waals surface area contributed by atoms with E-state index in [1.807, 2.05) is 6.07 Å². The van der Waals surface area contributed by atoms with Gasteiger partial charge in [-0.2, -0.15) is 0 Å². The van der Waals surface area contributed by atoms with Crippen LogP contribution in [0, 0.1) is 17.7 Å². The molecule has 0 bridgehead atoms. The van der Waals surface area contributed by atoms with Crippen molar-refractivity contribution in [1.29, 1.82) is 0 Å². The summed E-state index contributed by atoms with van der Waals surface area (Å²) in [6.45, 7) is 5.50. The number of rotatable bonds is 4. The lowest BCUT2D eigenvalue weighted by Gasteiger charge is -2.30. The fourth-order valence-electron chi connectivity index (χ4n) is 2.92. The molecule has 0 heterocycles. The molecule has 1 aromatic rings. The summed E-state index contributed by atoms with van der Waals surface area (Å²) >= 11 is 5.83. The van der Waals surface area contributed by atoms with Crippen molar-refractivity contribution in [3.8, 4) is 0 Å². The van der Waals surface area contributed by atoms with Crippen molar-refractivity contribution >= 4 is 11.6 Å². The lowest BCUT2D eigenvalue weighted by atomic mass is 9.80. The normalized spacial score (nSPS) is 25.3. The van der Waals surface area contributed by atoms with Crippen LogP contribution in [0.3, 0.4) is 0 Å². The Morgan fingerprint density at radius 3 is 2.79 bits per heavy atom. The first kappa shape index (κ1) is 14.8. The molecule has 1 aromatic carbocycles. The second-order valence-electron chi connectivity index (χ2n) is 5.83. The summed E-state index contributed by atoms with van der Waals surface area (Å²) in [6.07, 6.45) is 5.41. The van der Waals surface area contributed by atoms with Crippen LogP contribution in [0.15, 0.2) is 18.2 Å². The van der Waals surface area contributed by atoms with Crippen LogP contribution < -0.4 is 5.32 Å². The van der Waals surface area contributed by atoms with Crippen LogP contribution in [-0.2, 0) is 0 Å². The molecule has 3 unspecified atom stereocenters. The van der Waals surface area contributed by atoms with Gasteiger partial charge in [0.05, 0.1) is 5.02 Å². The summed E-state index contributed by atoms with van der Waals surface area (Å²) in [5.74, 6) is 1.23. The number of benzene rings is 1. The molecule has 1 saturated carbocycles. The minimum atomic E-state index is -0.349. The van der Waals surface area contributed by atoms with E-state index in [1.54, 1.807) is 6.07 Å².